The normalized spacial score (nSPS) is 11.0. The summed E-state index contributed by atoms with van der Waals surface area (Å²) in [6, 6.07) is 15.8. The molecule has 27 heavy (non-hydrogen) atoms. The second-order valence-electron chi connectivity index (χ2n) is 5.96. The lowest BCUT2D eigenvalue weighted by molar-refractivity contribution is 0.100. The molecule has 4 rings (SSSR count). The van der Waals surface area contributed by atoms with E-state index in [-0.39, 0.29) is 5.56 Å². The molecule has 0 aliphatic rings. The average Bonchev–Trinajstić information content (AvgIpc) is 3.35. The first-order chi connectivity index (χ1) is 13.2. The standard InChI is InChI=1S/C19H15N5O3/c25-18(23-26)15-9-20-24(10-15)19-21-16-7-6-14(8-17(16)22-19)12-27-11-13-4-2-1-3-5-13/h1-10H,11-12H2,(H,21,22). The lowest BCUT2D eigenvalue weighted by Crippen LogP contribution is -1.97. The molecule has 1 N–H and O–H groups in total. The van der Waals surface area contributed by atoms with E-state index in [1.807, 2.05) is 48.5 Å². The summed E-state index contributed by atoms with van der Waals surface area (Å²) < 4.78 is 7.15. The monoisotopic (exact) mass is 361 g/mol. The third-order valence-electron chi connectivity index (χ3n) is 4.04. The van der Waals surface area contributed by atoms with Gasteiger partial charge in [0, 0.05) is 11.4 Å². The number of hydrogen-bond donors (Lipinski definition) is 1. The molecule has 0 atom stereocenters. The quantitative estimate of drug-likeness (QED) is 0.531. The highest BCUT2D eigenvalue weighted by Crippen LogP contribution is 2.17. The highest BCUT2D eigenvalue weighted by atomic mass is 16.5. The maximum absolute atomic E-state index is 11.3. The molecule has 0 aliphatic heterocycles. The Balaban J connectivity index is 1.49. The number of aromatic amines is 1. The van der Waals surface area contributed by atoms with Gasteiger partial charge in [0.15, 0.2) is 0 Å². The Morgan fingerprint density at radius 2 is 1.93 bits per heavy atom. The van der Waals surface area contributed by atoms with Gasteiger partial charge in [-0.1, -0.05) is 36.4 Å². The van der Waals surface area contributed by atoms with E-state index in [1.54, 1.807) is 0 Å². The van der Waals surface area contributed by atoms with E-state index >= 15 is 0 Å². The summed E-state index contributed by atoms with van der Waals surface area (Å²) in [6.07, 6.45) is 2.69. The fraction of sp³-hybridized carbons (Fsp3) is 0.105. The molecule has 2 heterocycles. The van der Waals surface area contributed by atoms with Crippen LogP contribution < -0.4 is 0 Å². The number of imidazole rings is 1. The molecule has 8 heteroatoms. The van der Waals surface area contributed by atoms with Gasteiger partial charge in [-0.15, -0.1) is 4.91 Å². The number of nitrogens with one attached hydrogen (secondary N) is 1. The lowest BCUT2D eigenvalue weighted by atomic mass is 10.2. The van der Waals surface area contributed by atoms with Crippen LogP contribution in [0.25, 0.3) is 17.0 Å². The number of H-pyrrole nitrogens is 1. The predicted molar refractivity (Wildman–Crippen MR) is 98.3 cm³/mol. The fourth-order valence-electron chi connectivity index (χ4n) is 2.70. The van der Waals surface area contributed by atoms with E-state index < -0.39 is 5.91 Å². The first kappa shape index (κ1) is 16.8. The number of hydrogen-bond acceptors (Lipinski definition) is 5. The highest BCUT2D eigenvalue weighted by Gasteiger charge is 2.12. The van der Waals surface area contributed by atoms with Crippen molar-refractivity contribution in [3.63, 3.8) is 0 Å². The molecule has 0 bridgehead atoms. The molecule has 0 saturated carbocycles. The molecule has 0 fully saturated rings. The predicted octanol–water partition coefficient (Wildman–Crippen LogP) is 3.37. The van der Waals surface area contributed by atoms with Crippen LogP contribution in [0, 0.1) is 4.91 Å². The first-order valence-corrected chi connectivity index (χ1v) is 8.26. The Kier molecular flexibility index (Phi) is 4.54. The van der Waals surface area contributed by atoms with Crippen molar-refractivity contribution >= 4 is 16.9 Å². The summed E-state index contributed by atoms with van der Waals surface area (Å²) in [6.45, 7) is 1.02. The van der Waals surface area contributed by atoms with Gasteiger partial charge in [0.25, 0.3) is 0 Å². The van der Waals surface area contributed by atoms with Crippen molar-refractivity contribution in [3.05, 3.63) is 82.5 Å². The molecule has 134 valence electrons. The minimum atomic E-state index is -0.866. The number of rotatable bonds is 6. The molecule has 0 spiro atoms. The minimum Gasteiger partial charge on any atom is -0.372 e. The first-order valence-electron chi connectivity index (χ1n) is 8.26. The third-order valence-corrected chi connectivity index (χ3v) is 4.04. The number of aromatic nitrogens is 4. The largest absolute Gasteiger partial charge is 0.372 e. The average molecular weight is 361 g/mol. The molecule has 4 aromatic rings. The van der Waals surface area contributed by atoms with Crippen LogP contribution >= 0.6 is 0 Å². The van der Waals surface area contributed by atoms with Crippen molar-refractivity contribution in [2.75, 3.05) is 0 Å². The van der Waals surface area contributed by atoms with E-state index in [0.717, 1.165) is 22.2 Å². The van der Waals surface area contributed by atoms with Gasteiger partial charge in [-0.25, -0.2) is 9.67 Å². The van der Waals surface area contributed by atoms with E-state index in [2.05, 4.69) is 20.2 Å². The number of carbonyl (C=O) groups excluding carboxylic acids is 1. The van der Waals surface area contributed by atoms with E-state index in [0.29, 0.717) is 19.2 Å². The van der Waals surface area contributed by atoms with Crippen LogP contribution in [0.3, 0.4) is 0 Å². The summed E-state index contributed by atoms with van der Waals surface area (Å²) in [5, 5.41) is 6.42. The molecule has 2 aromatic heterocycles. The van der Waals surface area contributed by atoms with Gasteiger partial charge in [-0.3, -0.25) is 4.79 Å². The fourth-order valence-corrected chi connectivity index (χ4v) is 2.70. The van der Waals surface area contributed by atoms with Crippen molar-refractivity contribution in [2.45, 2.75) is 13.2 Å². The number of carbonyl (C=O) groups is 1. The van der Waals surface area contributed by atoms with E-state index in [1.165, 1.54) is 17.1 Å². The van der Waals surface area contributed by atoms with Crippen molar-refractivity contribution in [1.82, 2.24) is 19.7 Å². The SMILES string of the molecule is O=NC(=O)c1cnn(-c2nc3ccc(COCc4ccccc4)cc3[nH]2)c1. The van der Waals surface area contributed by atoms with Gasteiger partial charge in [-0.05, 0) is 23.3 Å². The lowest BCUT2D eigenvalue weighted by Gasteiger charge is -2.04. The molecular formula is C19H15N5O3. The van der Waals surface area contributed by atoms with Crippen molar-refractivity contribution in [1.29, 1.82) is 0 Å². The van der Waals surface area contributed by atoms with Gasteiger partial charge >= 0.3 is 5.91 Å². The second kappa shape index (κ2) is 7.30. The maximum atomic E-state index is 11.3. The van der Waals surface area contributed by atoms with Gasteiger partial charge < -0.3 is 9.72 Å². The topological polar surface area (TPSA) is 102 Å². The van der Waals surface area contributed by atoms with Gasteiger partial charge in [0.05, 0.1) is 36.0 Å². The zero-order valence-corrected chi connectivity index (χ0v) is 14.2. The van der Waals surface area contributed by atoms with Crippen LogP contribution in [0.1, 0.15) is 21.5 Å². The Hall–Kier alpha value is -3.65. The van der Waals surface area contributed by atoms with Crippen LogP contribution in [0.2, 0.25) is 0 Å². The minimum absolute atomic E-state index is 0.112. The number of fused-ring (bicyclic) bond motifs is 1. The maximum Gasteiger partial charge on any atom is 0.319 e. The summed E-state index contributed by atoms with van der Waals surface area (Å²) in [5.74, 6) is -0.424. The summed E-state index contributed by atoms with van der Waals surface area (Å²) in [7, 11) is 0. The molecule has 2 aromatic carbocycles. The summed E-state index contributed by atoms with van der Waals surface area (Å²) >= 11 is 0. The Morgan fingerprint density at radius 3 is 2.74 bits per heavy atom. The number of ether oxygens (including phenoxy) is 1. The van der Waals surface area contributed by atoms with Crippen molar-refractivity contribution in [2.24, 2.45) is 5.18 Å². The molecular weight excluding hydrogens is 346 g/mol. The van der Waals surface area contributed by atoms with Crippen LogP contribution in [0.15, 0.2) is 66.1 Å². The molecule has 0 saturated heterocycles. The summed E-state index contributed by atoms with van der Waals surface area (Å²) in [4.78, 5) is 29.2. The number of amides is 1. The number of nitroso groups, excluding NO2 is 1. The molecule has 1 amide bonds. The Labute approximate surface area is 153 Å². The molecule has 8 nitrogen and oxygen atoms in total. The highest BCUT2D eigenvalue weighted by molar-refractivity contribution is 5.94. The Morgan fingerprint density at radius 1 is 1.11 bits per heavy atom. The molecule has 0 radical (unpaired) electrons. The van der Waals surface area contributed by atoms with Gasteiger partial charge in [0.2, 0.25) is 5.95 Å². The van der Waals surface area contributed by atoms with Crippen LogP contribution in [0.5, 0.6) is 0 Å². The zero-order valence-electron chi connectivity index (χ0n) is 14.2. The van der Waals surface area contributed by atoms with E-state index in [4.69, 9.17) is 4.74 Å². The van der Waals surface area contributed by atoms with Crippen molar-refractivity contribution in [3.8, 4) is 5.95 Å². The smallest absolute Gasteiger partial charge is 0.319 e. The van der Waals surface area contributed by atoms with Gasteiger partial charge in [-0.2, -0.15) is 5.10 Å². The molecule has 0 aliphatic carbocycles. The molecule has 0 unspecified atom stereocenters. The van der Waals surface area contributed by atoms with Crippen LogP contribution in [-0.4, -0.2) is 25.7 Å². The Bertz CT molecular complexity index is 1100. The summed E-state index contributed by atoms with van der Waals surface area (Å²) in [5.41, 5.74) is 3.82. The van der Waals surface area contributed by atoms with E-state index in [9.17, 15) is 9.70 Å². The van der Waals surface area contributed by atoms with Crippen LogP contribution in [-0.2, 0) is 18.0 Å². The number of benzene rings is 2. The zero-order chi connectivity index (χ0) is 18.6. The number of nitrogens with zero attached hydrogens (tertiary/aromatic N) is 4. The van der Waals surface area contributed by atoms with Gasteiger partial charge in [0.1, 0.15) is 0 Å². The third kappa shape index (κ3) is 3.65. The van der Waals surface area contributed by atoms with Crippen LogP contribution in [0.4, 0.5) is 0 Å². The van der Waals surface area contributed by atoms with Crippen molar-refractivity contribution < 1.29 is 9.53 Å². The second-order valence-corrected chi connectivity index (χ2v) is 5.96.